The van der Waals surface area contributed by atoms with Crippen molar-refractivity contribution in [3.63, 3.8) is 0 Å². The third-order valence-electron chi connectivity index (χ3n) is 3.21. The van der Waals surface area contributed by atoms with Gasteiger partial charge in [-0.1, -0.05) is 15.9 Å². The molecule has 0 aliphatic heterocycles. The van der Waals surface area contributed by atoms with Crippen molar-refractivity contribution in [1.82, 2.24) is 9.97 Å². The van der Waals surface area contributed by atoms with Crippen LogP contribution >= 0.6 is 15.9 Å². The first-order valence-corrected chi connectivity index (χ1v) is 6.89. The summed E-state index contributed by atoms with van der Waals surface area (Å²) in [5.41, 5.74) is 6.01. The smallest absolute Gasteiger partial charge is 0.0915 e. The molecule has 1 heterocycles. The van der Waals surface area contributed by atoms with Crippen LogP contribution in [0.1, 0.15) is 5.56 Å². The third kappa shape index (κ3) is 2.16. The summed E-state index contributed by atoms with van der Waals surface area (Å²) in [5, 5.41) is 0. The standard InChI is InChI=1S/C15H14BrN3/c1-9-6-13-15(8-11(9)16)18-14-7-10(19(2)3)4-5-12(14)17-13/h4-8H,1-3H3. The van der Waals surface area contributed by atoms with Crippen LogP contribution in [0.25, 0.3) is 22.1 Å². The molecule has 0 radical (unpaired) electrons. The molecule has 0 spiro atoms. The summed E-state index contributed by atoms with van der Waals surface area (Å²) >= 11 is 3.54. The molecule has 0 saturated heterocycles. The minimum Gasteiger partial charge on any atom is -0.378 e. The minimum absolute atomic E-state index is 0.917. The molecule has 1 aromatic heterocycles. The van der Waals surface area contributed by atoms with E-state index in [4.69, 9.17) is 4.98 Å². The molecule has 0 saturated carbocycles. The zero-order chi connectivity index (χ0) is 13.6. The number of fused-ring (bicyclic) bond motifs is 2. The predicted molar refractivity (Wildman–Crippen MR) is 83.8 cm³/mol. The quantitative estimate of drug-likeness (QED) is 0.637. The van der Waals surface area contributed by atoms with Gasteiger partial charge in [0.2, 0.25) is 0 Å². The average Bonchev–Trinajstić information content (AvgIpc) is 2.37. The van der Waals surface area contributed by atoms with Crippen molar-refractivity contribution in [2.24, 2.45) is 0 Å². The maximum absolute atomic E-state index is 4.70. The second kappa shape index (κ2) is 4.46. The van der Waals surface area contributed by atoms with Crippen LogP contribution in [0.2, 0.25) is 0 Å². The van der Waals surface area contributed by atoms with Crippen molar-refractivity contribution >= 4 is 43.7 Å². The van der Waals surface area contributed by atoms with Gasteiger partial charge in [0.15, 0.2) is 0 Å². The molecule has 2 aromatic carbocycles. The Hall–Kier alpha value is -1.68. The molecule has 96 valence electrons. The van der Waals surface area contributed by atoms with Gasteiger partial charge in [0.1, 0.15) is 0 Å². The van der Waals surface area contributed by atoms with Crippen LogP contribution in [-0.4, -0.2) is 24.1 Å². The van der Waals surface area contributed by atoms with E-state index in [1.54, 1.807) is 0 Å². The monoisotopic (exact) mass is 315 g/mol. The first-order chi connectivity index (χ1) is 9.04. The van der Waals surface area contributed by atoms with E-state index < -0.39 is 0 Å². The van der Waals surface area contributed by atoms with Crippen LogP contribution in [0, 0.1) is 6.92 Å². The SMILES string of the molecule is Cc1cc2nc3ccc(N(C)C)cc3nc2cc1Br. The molecule has 19 heavy (non-hydrogen) atoms. The number of anilines is 1. The van der Waals surface area contributed by atoms with E-state index in [1.165, 1.54) is 5.56 Å². The van der Waals surface area contributed by atoms with Gasteiger partial charge in [0, 0.05) is 24.3 Å². The fourth-order valence-corrected chi connectivity index (χ4v) is 2.40. The molecule has 0 unspecified atom stereocenters. The fourth-order valence-electron chi connectivity index (χ4n) is 2.07. The van der Waals surface area contributed by atoms with Crippen LogP contribution < -0.4 is 4.90 Å². The first-order valence-electron chi connectivity index (χ1n) is 6.09. The highest BCUT2D eigenvalue weighted by Crippen LogP contribution is 2.25. The number of hydrogen-bond acceptors (Lipinski definition) is 3. The zero-order valence-electron chi connectivity index (χ0n) is 11.1. The second-order valence-electron chi connectivity index (χ2n) is 4.88. The fraction of sp³-hybridized carbons (Fsp3) is 0.200. The largest absolute Gasteiger partial charge is 0.378 e. The van der Waals surface area contributed by atoms with Crippen LogP contribution in [0.4, 0.5) is 5.69 Å². The molecule has 0 N–H and O–H groups in total. The van der Waals surface area contributed by atoms with Crippen molar-refractivity contribution in [3.05, 3.63) is 40.4 Å². The Kier molecular flexibility index (Phi) is 2.90. The van der Waals surface area contributed by atoms with E-state index in [2.05, 4.69) is 50.9 Å². The van der Waals surface area contributed by atoms with Crippen molar-refractivity contribution in [3.8, 4) is 0 Å². The summed E-state index contributed by atoms with van der Waals surface area (Å²) in [4.78, 5) is 11.4. The first kappa shape index (κ1) is 12.4. The third-order valence-corrected chi connectivity index (χ3v) is 4.07. The van der Waals surface area contributed by atoms with Gasteiger partial charge in [-0.2, -0.15) is 0 Å². The lowest BCUT2D eigenvalue weighted by Gasteiger charge is -2.12. The van der Waals surface area contributed by atoms with Gasteiger partial charge in [-0.05, 0) is 42.8 Å². The Morgan fingerprint density at radius 1 is 0.895 bits per heavy atom. The highest BCUT2D eigenvalue weighted by molar-refractivity contribution is 9.10. The number of rotatable bonds is 1. The Bertz CT molecular complexity index is 781. The van der Waals surface area contributed by atoms with Gasteiger partial charge >= 0.3 is 0 Å². The molecule has 4 heteroatoms. The normalized spacial score (nSPS) is 11.2. The highest BCUT2D eigenvalue weighted by atomic mass is 79.9. The second-order valence-corrected chi connectivity index (χ2v) is 5.74. The van der Waals surface area contributed by atoms with Gasteiger partial charge in [0.05, 0.1) is 22.1 Å². The van der Waals surface area contributed by atoms with Crippen LogP contribution in [0.15, 0.2) is 34.8 Å². The van der Waals surface area contributed by atoms with E-state index in [0.29, 0.717) is 0 Å². The van der Waals surface area contributed by atoms with Gasteiger partial charge in [-0.15, -0.1) is 0 Å². The maximum Gasteiger partial charge on any atom is 0.0915 e. The lowest BCUT2D eigenvalue weighted by Crippen LogP contribution is -2.08. The molecular formula is C15H14BrN3. The molecular weight excluding hydrogens is 302 g/mol. The van der Waals surface area contributed by atoms with Gasteiger partial charge < -0.3 is 4.90 Å². The Morgan fingerprint density at radius 3 is 2.26 bits per heavy atom. The van der Waals surface area contributed by atoms with Gasteiger partial charge in [0.25, 0.3) is 0 Å². The lowest BCUT2D eigenvalue weighted by molar-refractivity contribution is 1.13. The molecule has 3 aromatic rings. The Balaban J connectivity index is 2.32. The average molecular weight is 316 g/mol. The highest BCUT2D eigenvalue weighted by Gasteiger charge is 2.06. The van der Waals surface area contributed by atoms with E-state index in [-0.39, 0.29) is 0 Å². The summed E-state index contributed by atoms with van der Waals surface area (Å²) in [5.74, 6) is 0. The van der Waals surface area contributed by atoms with Crippen molar-refractivity contribution < 1.29 is 0 Å². The number of benzene rings is 2. The number of hydrogen-bond donors (Lipinski definition) is 0. The van der Waals surface area contributed by atoms with E-state index in [1.807, 2.05) is 26.2 Å². The van der Waals surface area contributed by atoms with Crippen LogP contribution in [0.3, 0.4) is 0 Å². The van der Waals surface area contributed by atoms with Crippen LogP contribution in [-0.2, 0) is 0 Å². The van der Waals surface area contributed by atoms with Crippen LogP contribution in [0.5, 0.6) is 0 Å². The topological polar surface area (TPSA) is 29.0 Å². The molecule has 0 amide bonds. The lowest BCUT2D eigenvalue weighted by atomic mass is 10.2. The Labute approximate surface area is 120 Å². The van der Waals surface area contributed by atoms with E-state index in [9.17, 15) is 0 Å². The number of aromatic nitrogens is 2. The maximum atomic E-state index is 4.70. The summed E-state index contributed by atoms with van der Waals surface area (Å²) in [6, 6.07) is 10.2. The number of halogens is 1. The summed E-state index contributed by atoms with van der Waals surface area (Å²) < 4.78 is 1.07. The van der Waals surface area contributed by atoms with Crippen molar-refractivity contribution in [2.45, 2.75) is 6.92 Å². The number of aryl methyl sites for hydroxylation is 1. The minimum atomic E-state index is 0.917. The number of nitrogens with zero attached hydrogens (tertiary/aromatic N) is 3. The zero-order valence-corrected chi connectivity index (χ0v) is 12.7. The van der Waals surface area contributed by atoms with Gasteiger partial charge in [-0.25, -0.2) is 9.97 Å². The molecule has 0 aliphatic carbocycles. The van der Waals surface area contributed by atoms with E-state index >= 15 is 0 Å². The summed E-state index contributed by atoms with van der Waals surface area (Å²) in [6.07, 6.45) is 0. The molecule has 0 aliphatic rings. The van der Waals surface area contributed by atoms with E-state index in [0.717, 1.165) is 32.2 Å². The van der Waals surface area contributed by atoms with Gasteiger partial charge in [-0.3, -0.25) is 0 Å². The predicted octanol–water partition coefficient (Wildman–Crippen LogP) is 3.92. The molecule has 0 atom stereocenters. The summed E-state index contributed by atoms with van der Waals surface area (Å²) in [7, 11) is 4.05. The summed E-state index contributed by atoms with van der Waals surface area (Å²) in [6.45, 7) is 2.06. The molecule has 3 nitrogen and oxygen atoms in total. The Morgan fingerprint density at radius 2 is 1.53 bits per heavy atom. The molecule has 3 rings (SSSR count). The van der Waals surface area contributed by atoms with Crippen molar-refractivity contribution in [2.75, 3.05) is 19.0 Å². The molecule has 0 fully saturated rings. The molecule has 0 bridgehead atoms. The van der Waals surface area contributed by atoms with Crippen molar-refractivity contribution in [1.29, 1.82) is 0 Å².